The average Bonchev–Trinajstić information content (AvgIpc) is 3.48. The SMILES string of the molecule is CC(C)[C@H](NC(=O)c1ccc(C(C)(C)C)cc1)C(=O)OCC(=O)N[C@@H](C)C1CC1. The molecule has 1 fully saturated rings. The third-order valence-corrected chi connectivity index (χ3v) is 5.28. The zero-order chi connectivity index (χ0) is 21.8. The van der Waals surface area contributed by atoms with Crippen LogP contribution in [0.4, 0.5) is 0 Å². The summed E-state index contributed by atoms with van der Waals surface area (Å²) in [5.41, 5.74) is 1.60. The molecule has 2 atom stereocenters. The molecule has 6 heteroatoms. The number of nitrogens with one attached hydrogen (secondary N) is 2. The van der Waals surface area contributed by atoms with Gasteiger partial charge in [-0.15, -0.1) is 0 Å². The molecule has 0 heterocycles. The molecule has 1 aromatic carbocycles. The maximum atomic E-state index is 12.6. The lowest BCUT2D eigenvalue weighted by atomic mass is 9.86. The molecular formula is C23H34N2O4. The molecule has 0 spiro atoms. The van der Waals surface area contributed by atoms with Crippen LogP contribution in [-0.2, 0) is 19.7 Å². The van der Waals surface area contributed by atoms with Crippen molar-refractivity contribution in [2.24, 2.45) is 11.8 Å². The average molecular weight is 403 g/mol. The van der Waals surface area contributed by atoms with Crippen LogP contribution < -0.4 is 10.6 Å². The predicted octanol–water partition coefficient (Wildman–Crippen LogP) is 3.20. The lowest BCUT2D eigenvalue weighted by Crippen LogP contribution is -2.46. The van der Waals surface area contributed by atoms with E-state index in [1.807, 2.05) is 32.9 Å². The summed E-state index contributed by atoms with van der Waals surface area (Å²) in [6.07, 6.45) is 2.25. The molecule has 1 aliphatic rings. The van der Waals surface area contributed by atoms with Crippen LogP contribution in [0.25, 0.3) is 0 Å². The van der Waals surface area contributed by atoms with Crippen LogP contribution in [0.3, 0.4) is 0 Å². The van der Waals surface area contributed by atoms with Gasteiger partial charge >= 0.3 is 5.97 Å². The summed E-state index contributed by atoms with van der Waals surface area (Å²) in [7, 11) is 0. The molecule has 160 valence electrons. The molecule has 2 amide bonds. The predicted molar refractivity (Wildman–Crippen MR) is 113 cm³/mol. The van der Waals surface area contributed by atoms with Gasteiger partial charge in [-0.25, -0.2) is 4.79 Å². The second-order valence-corrected chi connectivity index (χ2v) is 9.32. The van der Waals surface area contributed by atoms with Crippen LogP contribution >= 0.6 is 0 Å². The van der Waals surface area contributed by atoms with Gasteiger partial charge in [-0.1, -0.05) is 46.8 Å². The number of hydrogen-bond acceptors (Lipinski definition) is 4. The second kappa shape index (κ2) is 9.42. The van der Waals surface area contributed by atoms with E-state index in [0.29, 0.717) is 11.5 Å². The van der Waals surface area contributed by atoms with E-state index in [2.05, 4.69) is 31.4 Å². The summed E-state index contributed by atoms with van der Waals surface area (Å²) in [4.78, 5) is 37.0. The number of amides is 2. The van der Waals surface area contributed by atoms with E-state index in [1.165, 1.54) is 0 Å². The highest BCUT2D eigenvalue weighted by molar-refractivity contribution is 5.97. The zero-order valence-corrected chi connectivity index (χ0v) is 18.4. The minimum absolute atomic E-state index is 0.00312. The van der Waals surface area contributed by atoms with Gasteiger partial charge in [-0.2, -0.15) is 0 Å². The van der Waals surface area contributed by atoms with Gasteiger partial charge in [0.1, 0.15) is 6.04 Å². The maximum absolute atomic E-state index is 12.6. The van der Waals surface area contributed by atoms with Crippen LogP contribution in [0.1, 0.15) is 70.3 Å². The van der Waals surface area contributed by atoms with Crippen LogP contribution in [-0.4, -0.2) is 36.5 Å². The molecule has 29 heavy (non-hydrogen) atoms. The first-order valence-corrected chi connectivity index (χ1v) is 10.4. The summed E-state index contributed by atoms with van der Waals surface area (Å²) in [5.74, 6) is -0.901. The highest BCUT2D eigenvalue weighted by Gasteiger charge is 2.30. The fourth-order valence-corrected chi connectivity index (χ4v) is 3.08. The van der Waals surface area contributed by atoms with Gasteiger partial charge in [0.25, 0.3) is 11.8 Å². The van der Waals surface area contributed by atoms with Crippen molar-refractivity contribution in [1.82, 2.24) is 10.6 Å². The molecule has 1 aliphatic carbocycles. The molecule has 0 radical (unpaired) electrons. The Balaban J connectivity index is 1.91. The molecule has 0 saturated heterocycles. The first-order valence-electron chi connectivity index (χ1n) is 10.4. The second-order valence-electron chi connectivity index (χ2n) is 9.32. The van der Waals surface area contributed by atoms with Crippen molar-refractivity contribution in [3.8, 4) is 0 Å². The maximum Gasteiger partial charge on any atom is 0.329 e. The minimum atomic E-state index is -0.821. The van der Waals surface area contributed by atoms with Gasteiger partial charge in [0, 0.05) is 11.6 Å². The molecular weight excluding hydrogens is 368 g/mol. The zero-order valence-electron chi connectivity index (χ0n) is 18.4. The molecule has 2 rings (SSSR count). The van der Waals surface area contributed by atoms with Crippen molar-refractivity contribution < 1.29 is 19.1 Å². The number of ether oxygens (including phenoxy) is 1. The Morgan fingerprint density at radius 2 is 1.62 bits per heavy atom. The molecule has 6 nitrogen and oxygen atoms in total. The summed E-state index contributed by atoms with van der Waals surface area (Å²) in [6.45, 7) is 11.6. The molecule has 2 N–H and O–H groups in total. The number of rotatable bonds is 8. The summed E-state index contributed by atoms with van der Waals surface area (Å²) in [5, 5.41) is 5.58. The van der Waals surface area contributed by atoms with E-state index in [-0.39, 0.29) is 35.8 Å². The first kappa shape index (κ1) is 22.9. The van der Waals surface area contributed by atoms with Crippen LogP contribution in [0.2, 0.25) is 0 Å². The standard InChI is InChI=1S/C23H34N2O4/c1-14(2)20(22(28)29-13-19(26)24-15(3)16-7-8-16)25-21(27)17-9-11-18(12-10-17)23(4,5)6/h9-12,14-16,20H,7-8,13H2,1-6H3,(H,24,26)(H,25,27)/t15-,20-/m0/s1. The van der Waals surface area contributed by atoms with Crippen molar-refractivity contribution >= 4 is 17.8 Å². The normalized spacial score (nSPS) is 16.1. The summed E-state index contributed by atoms with van der Waals surface area (Å²) >= 11 is 0. The van der Waals surface area contributed by atoms with Crippen LogP contribution in [0.5, 0.6) is 0 Å². The topological polar surface area (TPSA) is 84.5 Å². The number of hydrogen-bond donors (Lipinski definition) is 2. The molecule has 0 unspecified atom stereocenters. The Morgan fingerprint density at radius 3 is 2.10 bits per heavy atom. The van der Waals surface area contributed by atoms with Gasteiger partial charge in [-0.05, 0) is 54.7 Å². The molecule has 1 aromatic rings. The summed E-state index contributed by atoms with van der Waals surface area (Å²) < 4.78 is 5.16. The van der Waals surface area contributed by atoms with Crippen molar-refractivity contribution in [3.63, 3.8) is 0 Å². The van der Waals surface area contributed by atoms with Gasteiger partial charge in [0.05, 0.1) is 0 Å². The van der Waals surface area contributed by atoms with Gasteiger partial charge < -0.3 is 15.4 Å². The lowest BCUT2D eigenvalue weighted by Gasteiger charge is -2.22. The van der Waals surface area contributed by atoms with E-state index >= 15 is 0 Å². The number of esters is 1. The number of benzene rings is 1. The largest absolute Gasteiger partial charge is 0.454 e. The van der Waals surface area contributed by atoms with Gasteiger partial charge in [-0.3, -0.25) is 9.59 Å². The Kier molecular flexibility index (Phi) is 7.44. The van der Waals surface area contributed by atoms with Crippen molar-refractivity contribution in [1.29, 1.82) is 0 Å². The molecule has 0 aliphatic heterocycles. The Labute approximate surface area is 173 Å². The highest BCUT2D eigenvalue weighted by atomic mass is 16.5. The Hall–Kier alpha value is -2.37. The van der Waals surface area contributed by atoms with Crippen LogP contribution in [0.15, 0.2) is 24.3 Å². The first-order chi connectivity index (χ1) is 13.5. The molecule has 0 bridgehead atoms. The lowest BCUT2D eigenvalue weighted by molar-refractivity contribution is -0.151. The van der Waals surface area contributed by atoms with Crippen molar-refractivity contribution in [2.75, 3.05) is 6.61 Å². The van der Waals surface area contributed by atoms with E-state index in [9.17, 15) is 14.4 Å². The van der Waals surface area contributed by atoms with E-state index in [1.54, 1.807) is 12.1 Å². The van der Waals surface area contributed by atoms with Crippen LogP contribution in [0, 0.1) is 11.8 Å². The van der Waals surface area contributed by atoms with Crippen molar-refractivity contribution in [3.05, 3.63) is 35.4 Å². The Morgan fingerprint density at radius 1 is 1.03 bits per heavy atom. The highest BCUT2D eigenvalue weighted by Crippen LogP contribution is 2.32. The fourth-order valence-electron chi connectivity index (χ4n) is 3.08. The fraction of sp³-hybridized carbons (Fsp3) is 0.609. The van der Waals surface area contributed by atoms with Gasteiger partial charge in [0.2, 0.25) is 0 Å². The number of carbonyl (C=O) groups is 3. The third kappa shape index (κ3) is 6.87. The van der Waals surface area contributed by atoms with Crippen molar-refractivity contribution in [2.45, 2.75) is 71.9 Å². The quantitative estimate of drug-likeness (QED) is 0.654. The van der Waals surface area contributed by atoms with E-state index in [4.69, 9.17) is 4.74 Å². The summed E-state index contributed by atoms with van der Waals surface area (Å²) in [6, 6.07) is 6.62. The molecule has 0 aromatic heterocycles. The third-order valence-electron chi connectivity index (χ3n) is 5.28. The molecule has 1 saturated carbocycles. The van der Waals surface area contributed by atoms with E-state index in [0.717, 1.165) is 18.4 Å². The monoisotopic (exact) mass is 402 g/mol. The van der Waals surface area contributed by atoms with Gasteiger partial charge in [0.15, 0.2) is 6.61 Å². The number of carbonyl (C=O) groups excluding carboxylic acids is 3. The minimum Gasteiger partial charge on any atom is -0.454 e. The Bertz CT molecular complexity index is 730. The van der Waals surface area contributed by atoms with E-state index < -0.39 is 12.0 Å². The smallest absolute Gasteiger partial charge is 0.329 e.